The molecule has 3 rings (SSSR count). The molecule has 0 aliphatic heterocycles. The number of nitrogens with one attached hydrogen (secondary N) is 2. The summed E-state index contributed by atoms with van der Waals surface area (Å²) in [6.45, 7) is 4.98. The second-order valence-corrected chi connectivity index (χ2v) is 8.07. The number of para-hydroxylation sites is 1. The van der Waals surface area contributed by atoms with E-state index in [1.54, 1.807) is 30.3 Å². The zero-order valence-electron chi connectivity index (χ0n) is 16.0. The molecule has 0 saturated carbocycles. The molecule has 6 heteroatoms. The number of sulfonamides is 1. The predicted octanol–water partition coefficient (Wildman–Crippen LogP) is 4.81. The predicted molar refractivity (Wildman–Crippen MR) is 113 cm³/mol. The van der Waals surface area contributed by atoms with E-state index in [0.29, 0.717) is 18.8 Å². The highest BCUT2D eigenvalue weighted by Gasteiger charge is 2.15. The molecule has 0 atom stereocenters. The van der Waals surface area contributed by atoms with E-state index in [9.17, 15) is 8.42 Å². The van der Waals surface area contributed by atoms with Crippen molar-refractivity contribution in [2.45, 2.75) is 25.3 Å². The average molecular weight is 397 g/mol. The zero-order chi connectivity index (χ0) is 20.0. The number of benzene rings is 3. The second-order valence-electron chi connectivity index (χ2n) is 6.39. The molecule has 0 heterocycles. The molecule has 0 unspecified atom stereocenters. The molecule has 0 aromatic heterocycles. The van der Waals surface area contributed by atoms with Crippen LogP contribution in [0.25, 0.3) is 0 Å². The van der Waals surface area contributed by atoms with Crippen LogP contribution in [0.15, 0.2) is 77.7 Å². The Morgan fingerprint density at radius 3 is 2.25 bits per heavy atom. The quantitative estimate of drug-likeness (QED) is 0.574. The van der Waals surface area contributed by atoms with Crippen molar-refractivity contribution in [1.29, 1.82) is 0 Å². The van der Waals surface area contributed by atoms with Gasteiger partial charge in [0.1, 0.15) is 5.75 Å². The van der Waals surface area contributed by atoms with Crippen molar-refractivity contribution in [3.05, 3.63) is 83.9 Å². The van der Waals surface area contributed by atoms with Gasteiger partial charge in [-0.1, -0.05) is 35.9 Å². The zero-order valence-corrected chi connectivity index (χ0v) is 16.8. The first-order chi connectivity index (χ1) is 13.5. The fourth-order valence-corrected chi connectivity index (χ4v) is 3.83. The molecule has 146 valence electrons. The lowest BCUT2D eigenvalue weighted by molar-refractivity contribution is 0.340. The van der Waals surface area contributed by atoms with Gasteiger partial charge in [-0.3, -0.25) is 4.72 Å². The van der Waals surface area contributed by atoms with E-state index in [4.69, 9.17) is 4.74 Å². The number of ether oxygens (including phenoxy) is 1. The fourth-order valence-electron chi connectivity index (χ4n) is 2.73. The summed E-state index contributed by atoms with van der Waals surface area (Å²) in [5, 5.41) is 3.31. The van der Waals surface area contributed by atoms with Gasteiger partial charge >= 0.3 is 0 Å². The number of rotatable bonds is 8. The lowest BCUT2D eigenvalue weighted by atomic mass is 10.2. The first kappa shape index (κ1) is 19.8. The molecule has 28 heavy (non-hydrogen) atoms. The first-order valence-corrected chi connectivity index (χ1v) is 10.6. The van der Waals surface area contributed by atoms with Crippen molar-refractivity contribution in [3.63, 3.8) is 0 Å². The van der Waals surface area contributed by atoms with Gasteiger partial charge < -0.3 is 10.1 Å². The van der Waals surface area contributed by atoms with Crippen LogP contribution in [0.1, 0.15) is 18.1 Å². The molecular weight excluding hydrogens is 372 g/mol. The Labute approximate surface area is 166 Å². The minimum absolute atomic E-state index is 0.243. The Balaban J connectivity index is 1.73. The number of hydrogen-bond donors (Lipinski definition) is 2. The van der Waals surface area contributed by atoms with Crippen molar-refractivity contribution < 1.29 is 13.2 Å². The normalized spacial score (nSPS) is 11.1. The Morgan fingerprint density at radius 2 is 1.57 bits per heavy atom. The summed E-state index contributed by atoms with van der Waals surface area (Å²) in [7, 11) is -3.64. The highest BCUT2D eigenvalue weighted by atomic mass is 32.2. The van der Waals surface area contributed by atoms with E-state index in [2.05, 4.69) is 10.0 Å². The maximum atomic E-state index is 12.7. The summed E-state index contributed by atoms with van der Waals surface area (Å²) in [6.07, 6.45) is 0. The number of aryl methyl sites for hydroxylation is 1. The Kier molecular flexibility index (Phi) is 6.21. The Bertz CT molecular complexity index is 1010. The average Bonchev–Trinajstić information content (AvgIpc) is 2.69. The van der Waals surface area contributed by atoms with E-state index in [-0.39, 0.29) is 4.90 Å². The van der Waals surface area contributed by atoms with Gasteiger partial charge in [0, 0.05) is 12.2 Å². The van der Waals surface area contributed by atoms with Crippen molar-refractivity contribution in [1.82, 2.24) is 0 Å². The summed E-state index contributed by atoms with van der Waals surface area (Å²) in [5.41, 5.74) is 3.35. The maximum absolute atomic E-state index is 12.7. The van der Waals surface area contributed by atoms with Crippen molar-refractivity contribution in [2.75, 3.05) is 16.6 Å². The molecule has 0 amide bonds. The van der Waals surface area contributed by atoms with Crippen LogP contribution in [0.3, 0.4) is 0 Å². The van der Waals surface area contributed by atoms with Gasteiger partial charge in [0.15, 0.2) is 0 Å². The third-order valence-corrected chi connectivity index (χ3v) is 5.62. The summed E-state index contributed by atoms with van der Waals surface area (Å²) in [4.78, 5) is 0.243. The molecule has 0 saturated heterocycles. The number of anilines is 2. The molecule has 3 aromatic carbocycles. The van der Waals surface area contributed by atoms with Gasteiger partial charge in [-0.15, -0.1) is 0 Å². The molecular formula is C22H24N2O3S. The van der Waals surface area contributed by atoms with Crippen molar-refractivity contribution in [2.24, 2.45) is 0 Å². The molecule has 5 nitrogen and oxygen atoms in total. The molecule has 0 fully saturated rings. The minimum Gasteiger partial charge on any atom is -0.494 e. The smallest absolute Gasteiger partial charge is 0.261 e. The third kappa shape index (κ3) is 5.04. The SMILES string of the molecule is CCOc1ccc(NCc2ccccc2NS(=O)(=O)c2ccc(C)cc2)cc1. The maximum Gasteiger partial charge on any atom is 0.261 e. The van der Waals surface area contributed by atoms with Crippen LogP contribution < -0.4 is 14.8 Å². The summed E-state index contributed by atoms with van der Waals surface area (Å²) in [6, 6.07) is 21.8. The molecule has 3 aromatic rings. The molecule has 0 radical (unpaired) electrons. The van der Waals surface area contributed by atoms with E-state index >= 15 is 0 Å². The minimum atomic E-state index is -3.64. The van der Waals surface area contributed by atoms with Crippen LogP contribution in [0.5, 0.6) is 5.75 Å². The van der Waals surface area contributed by atoms with Gasteiger partial charge in [0.2, 0.25) is 0 Å². The van der Waals surface area contributed by atoms with E-state index < -0.39 is 10.0 Å². The van der Waals surface area contributed by atoms with Crippen LogP contribution in [0.4, 0.5) is 11.4 Å². The lowest BCUT2D eigenvalue weighted by Crippen LogP contribution is -2.15. The van der Waals surface area contributed by atoms with Crippen LogP contribution >= 0.6 is 0 Å². The molecule has 0 aliphatic carbocycles. The van der Waals surface area contributed by atoms with Gasteiger partial charge in [-0.05, 0) is 61.9 Å². The van der Waals surface area contributed by atoms with E-state index in [1.165, 1.54) is 0 Å². The molecule has 0 bridgehead atoms. The summed E-state index contributed by atoms with van der Waals surface area (Å²) < 4.78 is 33.5. The van der Waals surface area contributed by atoms with Gasteiger partial charge in [-0.25, -0.2) is 8.42 Å². The standard InChI is InChI=1S/C22H24N2O3S/c1-3-27-20-12-10-19(11-13-20)23-16-18-6-4-5-7-22(18)24-28(25,26)21-14-8-17(2)9-15-21/h4-15,23-24H,3,16H2,1-2H3. The van der Waals surface area contributed by atoms with Crippen molar-refractivity contribution >= 4 is 21.4 Å². The first-order valence-electron chi connectivity index (χ1n) is 9.12. The monoisotopic (exact) mass is 396 g/mol. The van der Waals surface area contributed by atoms with Crippen molar-refractivity contribution in [3.8, 4) is 5.75 Å². The molecule has 2 N–H and O–H groups in total. The van der Waals surface area contributed by atoms with Gasteiger partial charge in [0.05, 0.1) is 17.2 Å². The molecule has 0 spiro atoms. The van der Waals surface area contributed by atoms with Crippen LogP contribution in [-0.4, -0.2) is 15.0 Å². The Morgan fingerprint density at radius 1 is 0.893 bits per heavy atom. The van der Waals surface area contributed by atoms with Crippen LogP contribution in [0, 0.1) is 6.92 Å². The van der Waals surface area contributed by atoms with Crippen LogP contribution in [0.2, 0.25) is 0 Å². The van der Waals surface area contributed by atoms with Gasteiger partial charge in [-0.2, -0.15) is 0 Å². The Hall–Kier alpha value is -2.99. The summed E-state index contributed by atoms with van der Waals surface area (Å²) in [5.74, 6) is 0.819. The van der Waals surface area contributed by atoms with Gasteiger partial charge in [0.25, 0.3) is 10.0 Å². The second kappa shape index (κ2) is 8.80. The largest absolute Gasteiger partial charge is 0.494 e. The topological polar surface area (TPSA) is 67.4 Å². The third-order valence-electron chi connectivity index (χ3n) is 4.24. The van der Waals surface area contributed by atoms with E-state index in [0.717, 1.165) is 22.6 Å². The fraction of sp³-hybridized carbons (Fsp3) is 0.182. The highest BCUT2D eigenvalue weighted by molar-refractivity contribution is 7.92. The van der Waals surface area contributed by atoms with Crippen LogP contribution in [-0.2, 0) is 16.6 Å². The number of hydrogen-bond acceptors (Lipinski definition) is 4. The van der Waals surface area contributed by atoms with E-state index in [1.807, 2.05) is 56.3 Å². The highest BCUT2D eigenvalue weighted by Crippen LogP contribution is 2.22. The molecule has 0 aliphatic rings. The lowest BCUT2D eigenvalue weighted by Gasteiger charge is -2.14. The summed E-state index contributed by atoms with van der Waals surface area (Å²) >= 11 is 0.